The zero-order chi connectivity index (χ0) is 25.8. The van der Waals surface area contributed by atoms with Gasteiger partial charge in [-0.3, -0.25) is 19.8 Å². The van der Waals surface area contributed by atoms with E-state index in [1.54, 1.807) is 54.6 Å². The summed E-state index contributed by atoms with van der Waals surface area (Å²) in [7, 11) is 1.47. The third-order valence-corrected chi connectivity index (χ3v) is 5.81. The maximum atomic E-state index is 13.2. The Bertz CT molecular complexity index is 1390. The summed E-state index contributed by atoms with van der Waals surface area (Å²) >= 11 is 11.1. The fourth-order valence-corrected chi connectivity index (χ4v) is 3.85. The van der Waals surface area contributed by atoms with Crippen LogP contribution < -0.4 is 24.8 Å². The molecule has 10 heteroatoms. The summed E-state index contributed by atoms with van der Waals surface area (Å²) in [6, 6.07) is 17.6. The average Bonchev–Trinajstić information content (AvgIpc) is 2.86. The van der Waals surface area contributed by atoms with Crippen LogP contribution in [0.5, 0.6) is 11.5 Å². The number of amides is 2. The summed E-state index contributed by atoms with van der Waals surface area (Å²) in [5, 5.41) is 13.9. The molecule has 3 aromatic rings. The van der Waals surface area contributed by atoms with Gasteiger partial charge in [0.2, 0.25) is 0 Å². The van der Waals surface area contributed by atoms with E-state index in [2.05, 4.69) is 5.32 Å². The number of carboxylic acids is 1. The van der Waals surface area contributed by atoms with Crippen LogP contribution in [0.4, 0.5) is 5.69 Å². The molecule has 8 nitrogen and oxygen atoms in total. The third kappa shape index (κ3) is 5.37. The molecular formula is C26H18ClN2O6S-. The Hall–Kier alpha value is -4.21. The normalized spacial score (nSPS) is 14.6. The number of nitrogens with one attached hydrogen (secondary N) is 1. The molecule has 0 unspecified atom stereocenters. The smallest absolute Gasteiger partial charge is 0.270 e. The number of ether oxygens (including phenoxy) is 2. The first-order valence-corrected chi connectivity index (χ1v) is 11.3. The molecule has 0 spiro atoms. The van der Waals surface area contributed by atoms with Gasteiger partial charge >= 0.3 is 0 Å². The molecule has 3 aromatic carbocycles. The van der Waals surface area contributed by atoms with E-state index in [0.29, 0.717) is 27.8 Å². The average molecular weight is 522 g/mol. The second kappa shape index (κ2) is 10.6. The standard InChI is InChI=1S/C26H19ClN2O6S/c1-34-22-13-16(4-11-21(22)35-14-15-2-5-17(6-3-15)25(32)33)12-20-23(30)28-26(36)29(24(20)31)19-9-7-18(27)8-10-19/h2-13H,14H2,1H3,(H,32,33)(H,28,30,36)/p-1/b20-12+. The van der Waals surface area contributed by atoms with E-state index in [1.807, 2.05) is 0 Å². The van der Waals surface area contributed by atoms with Gasteiger partial charge in [-0.25, -0.2) is 0 Å². The first-order chi connectivity index (χ1) is 17.3. The van der Waals surface area contributed by atoms with E-state index in [0.717, 1.165) is 5.56 Å². The molecule has 1 aliphatic rings. The van der Waals surface area contributed by atoms with Gasteiger partial charge in [0, 0.05) is 5.02 Å². The van der Waals surface area contributed by atoms with E-state index in [9.17, 15) is 19.5 Å². The summed E-state index contributed by atoms with van der Waals surface area (Å²) in [4.78, 5) is 37.8. The molecule has 1 saturated heterocycles. The third-order valence-electron chi connectivity index (χ3n) is 5.27. The molecule has 4 rings (SSSR count). The molecule has 1 fully saturated rings. The Labute approximate surface area is 216 Å². The number of carboxylic acid groups (broad SMARTS) is 1. The molecule has 0 bridgehead atoms. The number of thiocarbonyl (C=S) groups is 1. The predicted octanol–water partition coefficient (Wildman–Crippen LogP) is 3.12. The number of anilines is 1. The molecule has 1 N–H and O–H groups in total. The van der Waals surface area contributed by atoms with E-state index in [-0.39, 0.29) is 22.9 Å². The van der Waals surface area contributed by atoms with Crippen molar-refractivity contribution in [1.29, 1.82) is 0 Å². The van der Waals surface area contributed by atoms with E-state index in [4.69, 9.17) is 33.3 Å². The van der Waals surface area contributed by atoms with Crippen LogP contribution in [0.1, 0.15) is 21.5 Å². The highest BCUT2D eigenvalue weighted by atomic mass is 35.5. The van der Waals surface area contributed by atoms with Crippen LogP contribution in [0.3, 0.4) is 0 Å². The van der Waals surface area contributed by atoms with Crippen molar-refractivity contribution in [3.63, 3.8) is 0 Å². The molecule has 1 heterocycles. The number of hydrogen-bond donors (Lipinski definition) is 1. The van der Waals surface area contributed by atoms with Crippen LogP contribution in [0.15, 0.2) is 72.3 Å². The van der Waals surface area contributed by atoms with Crippen LogP contribution in [-0.2, 0) is 16.2 Å². The Morgan fingerprint density at radius 2 is 1.75 bits per heavy atom. The van der Waals surface area contributed by atoms with Gasteiger partial charge in [0.1, 0.15) is 12.2 Å². The van der Waals surface area contributed by atoms with Crippen molar-refractivity contribution in [1.82, 2.24) is 5.32 Å². The van der Waals surface area contributed by atoms with Crippen LogP contribution >= 0.6 is 23.8 Å². The van der Waals surface area contributed by atoms with Gasteiger partial charge in [-0.15, -0.1) is 0 Å². The maximum absolute atomic E-state index is 13.2. The lowest BCUT2D eigenvalue weighted by Crippen LogP contribution is -2.54. The fraction of sp³-hybridized carbons (Fsp3) is 0.0769. The largest absolute Gasteiger partial charge is 0.545 e. The summed E-state index contributed by atoms with van der Waals surface area (Å²) in [6.07, 6.45) is 1.44. The first kappa shape index (κ1) is 24.9. The van der Waals surface area contributed by atoms with Crippen LogP contribution in [0.2, 0.25) is 5.02 Å². The highest BCUT2D eigenvalue weighted by molar-refractivity contribution is 7.80. The van der Waals surface area contributed by atoms with Crippen molar-refractivity contribution in [3.8, 4) is 11.5 Å². The highest BCUT2D eigenvalue weighted by Crippen LogP contribution is 2.31. The monoisotopic (exact) mass is 521 g/mol. The molecule has 36 heavy (non-hydrogen) atoms. The lowest BCUT2D eigenvalue weighted by molar-refractivity contribution is -0.255. The van der Waals surface area contributed by atoms with Gasteiger partial charge in [0.05, 0.1) is 18.8 Å². The fourth-order valence-electron chi connectivity index (χ4n) is 3.44. The minimum absolute atomic E-state index is 0.0292. The van der Waals surface area contributed by atoms with E-state index >= 15 is 0 Å². The van der Waals surface area contributed by atoms with Crippen LogP contribution in [-0.4, -0.2) is 30.0 Å². The van der Waals surface area contributed by atoms with Crippen molar-refractivity contribution in [2.75, 3.05) is 12.0 Å². The minimum atomic E-state index is -1.25. The molecule has 0 atom stereocenters. The molecular weight excluding hydrogens is 504 g/mol. The van der Waals surface area contributed by atoms with Gasteiger partial charge < -0.3 is 19.4 Å². The van der Waals surface area contributed by atoms with Gasteiger partial charge in [0.15, 0.2) is 16.6 Å². The maximum Gasteiger partial charge on any atom is 0.270 e. The van der Waals surface area contributed by atoms with Gasteiger partial charge in [0.25, 0.3) is 11.8 Å². The van der Waals surface area contributed by atoms with Gasteiger partial charge in [-0.05, 0) is 71.4 Å². The predicted molar refractivity (Wildman–Crippen MR) is 136 cm³/mol. The Kier molecular flexibility index (Phi) is 7.33. The number of aromatic carboxylic acids is 1. The SMILES string of the molecule is COc1cc(/C=C2\C(=O)NC(=S)N(c3ccc(Cl)cc3)C2=O)ccc1OCc1ccc(C(=O)[O-])cc1. The number of benzene rings is 3. The molecule has 2 amide bonds. The van der Waals surface area contributed by atoms with Crippen molar-refractivity contribution >= 4 is 58.5 Å². The minimum Gasteiger partial charge on any atom is -0.545 e. The number of carbonyl (C=O) groups is 3. The zero-order valence-electron chi connectivity index (χ0n) is 18.8. The zero-order valence-corrected chi connectivity index (χ0v) is 20.4. The molecule has 0 aromatic heterocycles. The van der Waals surface area contributed by atoms with Crippen molar-refractivity contribution in [2.24, 2.45) is 0 Å². The van der Waals surface area contributed by atoms with E-state index in [1.165, 1.54) is 30.2 Å². The number of methoxy groups -OCH3 is 1. The number of rotatable bonds is 7. The molecule has 0 aliphatic carbocycles. The lowest BCUT2D eigenvalue weighted by atomic mass is 10.1. The summed E-state index contributed by atoms with van der Waals surface area (Å²) in [5.41, 5.74) is 1.71. The number of hydrogen-bond acceptors (Lipinski definition) is 7. The molecule has 0 saturated carbocycles. The van der Waals surface area contributed by atoms with E-state index < -0.39 is 17.8 Å². The second-order valence-corrected chi connectivity index (χ2v) is 8.44. The molecule has 182 valence electrons. The number of nitrogens with zero attached hydrogens (tertiary/aromatic N) is 1. The Morgan fingerprint density at radius 1 is 1.06 bits per heavy atom. The summed E-state index contributed by atoms with van der Waals surface area (Å²) in [6.45, 7) is 0.165. The number of halogens is 1. The summed E-state index contributed by atoms with van der Waals surface area (Å²) < 4.78 is 11.2. The topological polar surface area (TPSA) is 108 Å². The second-order valence-electron chi connectivity index (χ2n) is 7.62. The van der Waals surface area contributed by atoms with Gasteiger partial charge in [-0.2, -0.15) is 0 Å². The van der Waals surface area contributed by atoms with Crippen molar-refractivity contribution in [3.05, 3.63) is 94.0 Å². The highest BCUT2D eigenvalue weighted by Gasteiger charge is 2.34. The van der Waals surface area contributed by atoms with Gasteiger partial charge in [-0.1, -0.05) is 41.9 Å². The van der Waals surface area contributed by atoms with Crippen LogP contribution in [0, 0.1) is 0 Å². The quantitative estimate of drug-likeness (QED) is 0.289. The Balaban J connectivity index is 1.55. The lowest BCUT2D eigenvalue weighted by Gasteiger charge is -2.29. The number of carbonyl (C=O) groups excluding carboxylic acids is 3. The first-order valence-electron chi connectivity index (χ1n) is 10.5. The molecule has 0 radical (unpaired) electrons. The van der Waals surface area contributed by atoms with Crippen molar-refractivity contribution in [2.45, 2.75) is 6.61 Å². The Morgan fingerprint density at radius 3 is 2.39 bits per heavy atom. The summed E-state index contributed by atoms with van der Waals surface area (Å²) in [5.74, 6) is -1.64. The van der Waals surface area contributed by atoms with Crippen molar-refractivity contribution < 1.29 is 29.0 Å². The van der Waals surface area contributed by atoms with Crippen LogP contribution in [0.25, 0.3) is 6.08 Å². The molecule has 1 aliphatic heterocycles.